The zero-order chi connectivity index (χ0) is 14.7. The first-order valence-electron chi connectivity index (χ1n) is 8.29. The Morgan fingerprint density at radius 1 is 1.27 bits per heavy atom. The van der Waals surface area contributed by atoms with Gasteiger partial charge in [0.05, 0.1) is 6.04 Å². The lowest BCUT2D eigenvalue weighted by Gasteiger charge is -2.23. The molecule has 3 heterocycles. The second-order valence-corrected chi connectivity index (χ2v) is 6.51. The summed E-state index contributed by atoms with van der Waals surface area (Å²) >= 11 is 0. The van der Waals surface area contributed by atoms with E-state index in [4.69, 9.17) is 0 Å². The summed E-state index contributed by atoms with van der Waals surface area (Å²) < 4.78 is 1.97. The first-order chi connectivity index (χ1) is 10.2. The molecule has 0 radical (unpaired) electrons. The van der Waals surface area contributed by atoms with Crippen molar-refractivity contribution in [3.05, 3.63) is 18.0 Å². The molecular weight excluding hydrogens is 300 g/mol. The number of carbonyl (C=O) groups excluding carboxylic acids is 1. The zero-order valence-corrected chi connectivity index (χ0v) is 14.1. The van der Waals surface area contributed by atoms with E-state index in [9.17, 15) is 4.79 Å². The van der Waals surface area contributed by atoms with Crippen LogP contribution < -0.4 is 5.32 Å². The number of aromatic nitrogens is 2. The highest BCUT2D eigenvalue weighted by Crippen LogP contribution is 2.19. The fourth-order valence-electron chi connectivity index (χ4n) is 3.34. The van der Waals surface area contributed by atoms with Crippen LogP contribution in [0.1, 0.15) is 55.6 Å². The maximum absolute atomic E-state index is 12.6. The number of amides is 1. The van der Waals surface area contributed by atoms with Crippen LogP contribution in [-0.4, -0.2) is 46.8 Å². The molecule has 124 valence electrons. The maximum Gasteiger partial charge on any atom is 0.274 e. The largest absolute Gasteiger partial charge is 0.337 e. The average Bonchev–Trinajstić information content (AvgIpc) is 2.91. The van der Waals surface area contributed by atoms with Crippen LogP contribution in [0.5, 0.6) is 0 Å². The molecule has 2 aliphatic rings. The summed E-state index contributed by atoms with van der Waals surface area (Å²) in [5.41, 5.74) is 0.607. The van der Waals surface area contributed by atoms with Gasteiger partial charge in [-0.2, -0.15) is 5.10 Å². The Bertz CT molecular complexity index is 484. The number of nitrogens with zero attached hydrogens (tertiary/aromatic N) is 3. The van der Waals surface area contributed by atoms with Crippen molar-refractivity contribution in [3.63, 3.8) is 0 Å². The summed E-state index contributed by atoms with van der Waals surface area (Å²) in [7, 11) is 0. The molecule has 2 unspecified atom stereocenters. The molecule has 0 aliphatic carbocycles. The van der Waals surface area contributed by atoms with Crippen molar-refractivity contribution in [2.75, 3.05) is 26.2 Å². The molecule has 3 rings (SSSR count). The first kappa shape index (κ1) is 17.3. The van der Waals surface area contributed by atoms with Gasteiger partial charge >= 0.3 is 0 Å². The van der Waals surface area contributed by atoms with E-state index in [0.29, 0.717) is 11.7 Å². The van der Waals surface area contributed by atoms with Gasteiger partial charge in [-0.1, -0.05) is 6.92 Å². The summed E-state index contributed by atoms with van der Waals surface area (Å²) in [6.45, 7) is 6.07. The number of halogens is 1. The zero-order valence-electron chi connectivity index (χ0n) is 13.3. The summed E-state index contributed by atoms with van der Waals surface area (Å²) in [4.78, 5) is 14.6. The van der Waals surface area contributed by atoms with E-state index in [-0.39, 0.29) is 18.3 Å². The number of nitrogens with one attached hydrogen (secondary N) is 1. The molecular formula is C16H27ClN4O. The van der Waals surface area contributed by atoms with Gasteiger partial charge in [0.1, 0.15) is 5.69 Å². The van der Waals surface area contributed by atoms with E-state index < -0.39 is 0 Å². The van der Waals surface area contributed by atoms with Crippen LogP contribution in [0.15, 0.2) is 12.3 Å². The Balaban J connectivity index is 0.00000176. The monoisotopic (exact) mass is 326 g/mol. The molecule has 5 nitrogen and oxygen atoms in total. The minimum absolute atomic E-state index is 0. The van der Waals surface area contributed by atoms with Crippen molar-refractivity contribution >= 4 is 18.3 Å². The predicted molar refractivity (Wildman–Crippen MR) is 89.5 cm³/mol. The summed E-state index contributed by atoms with van der Waals surface area (Å²) in [6.07, 6.45) is 7.73. The second kappa shape index (κ2) is 7.97. The van der Waals surface area contributed by atoms with Gasteiger partial charge in [-0.25, -0.2) is 0 Å². The fourth-order valence-corrected chi connectivity index (χ4v) is 3.34. The Morgan fingerprint density at radius 2 is 2.14 bits per heavy atom. The van der Waals surface area contributed by atoms with Gasteiger partial charge in [-0.15, -0.1) is 12.4 Å². The summed E-state index contributed by atoms with van der Waals surface area (Å²) in [5, 5.41) is 7.94. The van der Waals surface area contributed by atoms with E-state index in [1.165, 1.54) is 12.8 Å². The van der Waals surface area contributed by atoms with Crippen LogP contribution >= 0.6 is 12.4 Å². The molecule has 2 fully saturated rings. The molecule has 0 saturated carbocycles. The van der Waals surface area contributed by atoms with Crippen LogP contribution in [0, 0.1) is 5.92 Å². The third-order valence-corrected chi connectivity index (χ3v) is 4.78. The van der Waals surface area contributed by atoms with Gasteiger partial charge in [-0.05, 0) is 50.6 Å². The van der Waals surface area contributed by atoms with Crippen molar-refractivity contribution in [3.8, 4) is 0 Å². The third kappa shape index (κ3) is 4.02. The lowest BCUT2D eigenvalue weighted by Crippen LogP contribution is -2.33. The van der Waals surface area contributed by atoms with Gasteiger partial charge in [0.15, 0.2) is 0 Å². The van der Waals surface area contributed by atoms with Crippen molar-refractivity contribution in [2.24, 2.45) is 5.92 Å². The Labute approximate surface area is 138 Å². The molecule has 1 aromatic heterocycles. The van der Waals surface area contributed by atoms with Gasteiger partial charge in [0, 0.05) is 25.8 Å². The minimum Gasteiger partial charge on any atom is -0.337 e. The van der Waals surface area contributed by atoms with Gasteiger partial charge in [-0.3, -0.25) is 9.48 Å². The molecule has 6 heteroatoms. The molecule has 1 amide bonds. The van der Waals surface area contributed by atoms with Crippen LogP contribution in [0.4, 0.5) is 0 Å². The molecule has 0 aromatic carbocycles. The molecule has 22 heavy (non-hydrogen) atoms. The van der Waals surface area contributed by atoms with E-state index in [0.717, 1.165) is 51.4 Å². The predicted octanol–water partition coefficient (Wildman–Crippen LogP) is 2.49. The second-order valence-electron chi connectivity index (χ2n) is 6.51. The summed E-state index contributed by atoms with van der Waals surface area (Å²) in [6, 6.07) is 2.27. The van der Waals surface area contributed by atoms with Crippen molar-refractivity contribution in [1.82, 2.24) is 20.0 Å². The van der Waals surface area contributed by atoms with E-state index in [1.54, 1.807) is 0 Å². The van der Waals surface area contributed by atoms with E-state index in [2.05, 4.69) is 17.3 Å². The molecule has 0 bridgehead atoms. The Hall–Kier alpha value is -1.07. The molecule has 0 spiro atoms. The highest BCUT2D eigenvalue weighted by atomic mass is 35.5. The van der Waals surface area contributed by atoms with Gasteiger partial charge in [0.25, 0.3) is 5.91 Å². The number of hydrogen-bond donors (Lipinski definition) is 1. The standard InChI is InChI=1S/C16H26N4O.ClH/c1-13-4-3-9-19(10-6-13)16(21)15-7-11-20(18-15)14-5-2-8-17-12-14;/h7,11,13-14,17H,2-6,8-10,12H2,1H3;1H. The Kier molecular flexibility index (Phi) is 6.26. The van der Waals surface area contributed by atoms with Crippen LogP contribution in [0.25, 0.3) is 0 Å². The Morgan fingerprint density at radius 3 is 2.91 bits per heavy atom. The number of carbonyl (C=O) groups is 1. The molecule has 2 saturated heterocycles. The summed E-state index contributed by atoms with van der Waals surface area (Å²) in [5.74, 6) is 0.834. The van der Waals surface area contributed by atoms with E-state index >= 15 is 0 Å². The molecule has 1 aromatic rings. The third-order valence-electron chi connectivity index (χ3n) is 4.78. The van der Waals surface area contributed by atoms with Crippen molar-refractivity contribution < 1.29 is 4.79 Å². The fraction of sp³-hybridized carbons (Fsp3) is 0.750. The lowest BCUT2D eigenvalue weighted by atomic mass is 10.0. The van der Waals surface area contributed by atoms with Crippen molar-refractivity contribution in [2.45, 2.75) is 45.1 Å². The topological polar surface area (TPSA) is 50.2 Å². The molecule has 1 N–H and O–H groups in total. The number of hydrogen-bond acceptors (Lipinski definition) is 3. The van der Waals surface area contributed by atoms with Gasteiger partial charge < -0.3 is 10.2 Å². The maximum atomic E-state index is 12.6. The van der Waals surface area contributed by atoms with Crippen molar-refractivity contribution in [1.29, 1.82) is 0 Å². The number of rotatable bonds is 2. The minimum atomic E-state index is 0. The quantitative estimate of drug-likeness (QED) is 0.908. The lowest BCUT2D eigenvalue weighted by molar-refractivity contribution is 0.0753. The highest BCUT2D eigenvalue weighted by Gasteiger charge is 2.23. The number of likely N-dealkylation sites (tertiary alicyclic amines) is 1. The van der Waals surface area contributed by atoms with E-state index in [1.807, 2.05) is 21.8 Å². The van der Waals surface area contributed by atoms with Crippen LogP contribution in [0.3, 0.4) is 0 Å². The SMILES string of the molecule is CC1CCCN(C(=O)c2ccn(C3CCCNC3)n2)CC1.Cl. The van der Waals surface area contributed by atoms with Gasteiger partial charge in [0.2, 0.25) is 0 Å². The van der Waals surface area contributed by atoms with Crippen LogP contribution in [-0.2, 0) is 0 Å². The molecule has 2 aliphatic heterocycles. The highest BCUT2D eigenvalue weighted by molar-refractivity contribution is 5.92. The van der Waals surface area contributed by atoms with Crippen LogP contribution in [0.2, 0.25) is 0 Å². The smallest absolute Gasteiger partial charge is 0.274 e. The normalized spacial score (nSPS) is 26.1. The average molecular weight is 327 g/mol. The molecule has 2 atom stereocenters. The first-order valence-corrected chi connectivity index (χ1v) is 8.29. The number of piperidine rings is 1.